The molecule has 2 aromatic carbocycles. The van der Waals surface area contributed by atoms with Crippen LogP contribution < -0.4 is 0 Å². The fourth-order valence-electron chi connectivity index (χ4n) is 3.16. The summed E-state index contributed by atoms with van der Waals surface area (Å²) in [5, 5.41) is 0.998. The first-order valence-electron chi connectivity index (χ1n) is 8.69. The molecule has 0 bridgehead atoms. The lowest BCUT2D eigenvalue weighted by atomic mass is 10.1. The molecule has 0 spiro atoms. The van der Waals surface area contributed by atoms with Gasteiger partial charge in [-0.15, -0.1) is 0 Å². The molecule has 0 aliphatic rings. The van der Waals surface area contributed by atoms with Gasteiger partial charge in [-0.05, 0) is 24.3 Å². The maximum atomic E-state index is 6.29. The van der Waals surface area contributed by atoms with Gasteiger partial charge in [-0.25, -0.2) is 4.98 Å². The lowest BCUT2D eigenvalue weighted by Crippen LogP contribution is -2.04. The molecule has 2 aromatic heterocycles. The number of rotatable bonds is 5. The van der Waals surface area contributed by atoms with Gasteiger partial charge in [0, 0.05) is 36.2 Å². The number of imidazole rings is 1. The second-order valence-corrected chi connectivity index (χ2v) is 7.02. The molecule has 140 valence electrons. The molecular formula is C22H17Cl2N3O. The monoisotopic (exact) mass is 409 g/mol. The van der Waals surface area contributed by atoms with Crippen molar-refractivity contribution in [2.75, 3.05) is 7.11 Å². The molecule has 4 nitrogen and oxygen atoms in total. The van der Waals surface area contributed by atoms with Crippen molar-refractivity contribution in [3.8, 4) is 33.9 Å². The van der Waals surface area contributed by atoms with E-state index in [2.05, 4.69) is 9.55 Å². The maximum absolute atomic E-state index is 6.29. The van der Waals surface area contributed by atoms with E-state index in [0.29, 0.717) is 16.8 Å². The summed E-state index contributed by atoms with van der Waals surface area (Å²) in [5.74, 6) is 0.815. The van der Waals surface area contributed by atoms with Crippen molar-refractivity contribution in [2.24, 2.45) is 0 Å². The number of ether oxygens (including phenoxy) is 1. The highest BCUT2D eigenvalue weighted by Crippen LogP contribution is 2.38. The van der Waals surface area contributed by atoms with Gasteiger partial charge in [0.25, 0.3) is 0 Å². The van der Waals surface area contributed by atoms with Crippen LogP contribution in [0.15, 0.2) is 73.1 Å². The fourth-order valence-corrected chi connectivity index (χ4v) is 3.46. The Balaban J connectivity index is 2.02. The zero-order valence-electron chi connectivity index (χ0n) is 15.1. The molecule has 4 aromatic rings. The quantitative estimate of drug-likeness (QED) is 0.394. The summed E-state index contributed by atoms with van der Waals surface area (Å²) >= 11 is 12.4. The van der Waals surface area contributed by atoms with E-state index in [1.54, 1.807) is 25.6 Å². The lowest BCUT2D eigenvalue weighted by Gasteiger charge is -2.12. The largest absolute Gasteiger partial charge is 0.364 e. The topological polar surface area (TPSA) is 39.9 Å². The number of hydrogen-bond donors (Lipinski definition) is 0. The highest BCUT2D eigenvalue weighted by molar-refractivity contribution is 6.42. The zero-order chi connectivity index (χ0) is 19.5. The van der Waals surface area contributed by atoms with E-state index >= 15 is 0 Å². The molecule has 0 saturated heterocycles. The third-order valence-corrected chi connectivity index (χ3v) is 5.14. The number of pyridine rings is 1. The van der Waals surface area contributed by atoms with Gasteiger partial charge in [0.2, 0.25) is 0 Å². The van der Waals surface area contributed by atoms with E-state index in [-0.39, 0.29) is 0 Å². The van der Waals surface area contributed by atoms with Gasteiger partial charge in [-0.1, -0.05) is 59.6 Å². The predicted molar refractivity (Wildman–Crippen MR) is 113 cm³/mol. The number of benzene rings is 2. The number of hydrogen-bond acceptors (Lipinski definition) is 3. The molecule has 0 unspecified atom stereocenters. The average molecular weight is 410 g/mol. The first-order chi connectivity index (χ1) is 13.7. The molecule has 6 heteroatoms. The van der Waals surface area contributed by atoms with Gasteiger partial charge in [0.1, 0.15) is 12.6 Å². The summed E-state index contributed by atoms with van der Waals surface area (Å²) in [5.41, 5.74) is 4.61. The van der Waals surface area contributed by atoms with E-state index in [0.717, 1.165) is 33.9 Å². The third-order valence-electron chi connectivity index (χ3n) is 4.40. The van der Waals surface area contributed by atoms with Gasteiger partial charge < -0.3 is 4.74 Å². The summed E-state index contributed by atoms with van der Waals surface area (Å²) in [6.07, 6.45) is 3.53. The van der Waals surface area contributed by atoms with Gasteiger partial charge in [0.05, 0.1) is 21.4 Å². The molecule has 0 fully saturated rings. The van der Waals surface area contributed by atoms with E-state index in [1.165, 1.54) is 0 Å². The number of nitrogens with zero attached hydrogens (tertiary/aromatic N) is 3. The molecule has 2 heterocycles. The molecule has 0 amide bonds. The minimum Gasteiger partial charge on any atom is -0.364 e. The van der Waals surface area contributed by atoms with Crippen LogP contribution in [0.3, 0.4) is 0 Å². The molecule has 0 aliphatic heterocycles. The Morgan fingerprint density at radius 2 is 1.61 bits per heavy atom. The summed E-state index contributed by atoms with van der Waals surface area (Å²) in [4.78, 5) is 9.12. The van der Waals surface area contributed by atoms with Gasteiger partial charge in [0.15, 0.2) is 0 Å². The Hall–Kier alpha value is -2.66. The smallest absolute Gasteiger partial charge is 0.143 e. The molecule has 28 heavy (non-hydrogen) atoms. The van der Waals surface area contributed by atoms with Crippen molar-refractivity contribution in [3.05, 3.63) is 83.1 Å². The van der Waals surface area contributed by atoms with Crippen LogP contribution in [0.5, 0.6) is 0 Å². The second kappa shape index (κ2) is 8.15. The van der Waals surface area contributed by atoms with Crippen molar-refractivity contribution in [3.63, 3.8) is 0 Å². The molecule has 0 radical (unpaired) electrons. The van der Waals surface area contributed by atoms with Gasteiger partial charge >= 0.3 is 0 Å². The summed E-state index contributed by atoms with van der Waals surface area (Å²) < 4.78 is 7.56. The molecule has 0 saturated carbocycles. The molecule has 0 atom stereocenters. The van der Waals surface area contributed by atoms with Crippen molar-refractivity contribution in [1.82, 2.24) is 14.5 Å². The van der Waals surface area contributed by atoms with Gasteiger partial charge in [-0.3, -0.25) is 9.55 Å². The third kappa shape index (κ3) is 3.54. The van der Waals surface area contributed by atoms with Crippen LogP contribution >= 0.6 is 23.2 Å². The highest BCUT2D eigenvalue weighted by atomic mass is 35.5. The normalized spacial score (nSPS) is 11.0. The van der Waals surface area contributed by atoms with E-state index in [9.17, 15) is 0 Å². The van der Waals surface area contributed by atoms with Crippen molar-refractivity contribution in [1.29, 1.82) is 0 Å². The number of methoxy groups -OCH3 is 1. The first-order valence-corrected chi connectivity index (χ1v) is 9.45. The van der Waals surface area contributed by atoms with Crippen LogP contribution in [-0.4, -0.2) is 21.6 Å². The van der Waals surface area contributed by atoms with Crippen molar-refractivity contribution >= 4 is 23.2 Å². The minimum absolute atomic E-state index is 0.357. The van der Waals surface area contributed by atoms with Gasteiger partial charge in [-0.2, -0.15) is 0 Å². The summed E-state index contributed by atoms with van der Waals surface area (Å²) in [7, 11) is 1.67. The van der Waals surface area contributed by atoms with Crippen LogP contribution in [-0.2, 0) is 11.5 Å². The van der Waals surface area contributed by atoms with Crippen LogP contribution in [0.25, 0.3) is 33.9 Å². The van der Waals surface area contributed by atoms with E-state index < -0.39 is 0 Å². The average Bonchev–Trinajstić information content (AvgIpc) is 3.11. The summed E-state index contributed by atoms with van der Waals surface area (Å²) in [6.45, 7) is 0.357. The fraction of sp³-hybridized carbons (Fsp3) is 0.0909. The van der Waals surface area contributed by atoms with E-state index in [4.69, 9.17) is 32.9 Å². The number of aromatic nitrogens is 3. The molecular weight excluding hydrogens is 393 g/mol. The lowest BCUT2D eigenvalue weighted by molar-refractivity contribution is 0.133. The van der Waals surface area contributed by atoms with Crippen LogP contribution in [0.2, 0.25) is 10.0 Å². The Labute approximate surface area is 173 Å². The Kier molecular flexibility index (Phi) is 5.44. The predicted octanol–water partition coefficient (Wildman–Crippen LogP) is 6.19. The second-order valence-electron chi connectivity index (χ2n) is 6.21. The maximum Gasteiger partial charge on any atom is 0.143 e. The standard InChI is InChI=1S/C22H17Cl2N3O/c1-28-14-27-21(15-9-11-25-12-10-15)20(17-7-8-18(23)19(24)13-17)26-22(27)16-5-3-2-4-6-16/h2-13H,14H2,1H3. The Bertz CT molecular complexity index is 1100. The summed E-state index contributed by atoms with van der Waals surface area (Å²) in [6, 6.07) is 19.5. The van der Waals surface area contributed by atoms with E-state index in [1.807, 2.05) is 54.6 Å². The van der Waals surface area contributed by atoms with Crippen molar-refractivity contribution in [2.45, 2.75) is 6.73 Å². The first kappa shape index (κ1) is 18.7. The number of halogens is 2. The molecule has 0 N–H and O–H groups in total. The van der Waals surface area contributed by atoms with Crippen LogP contribution in [0.1, 0.15) is 0 Å². The SMILES string of the molecule is COCn1c(-c2ccccc2)nc(-c2ccc(Cl)c(Cl)c2)c1-c1ccncc1. The minimum atomic E-state index is 0.357. The molecule has 4 rings (SSSR count). The molecule has 0 aliphatic carbocycles. The Morgan fingerprint density at radius 3 is 2.29 bits per heavy atom. The van der Waals surface area contributed by atoms with Crippen molar-refractivity contribution < 1.29 is 4.74 Å². The van der Waals surface area contributed by atoms with Crippen LogP contribution in [0, 0.1) is 0 Å². The highest BCUT2D eigenvalue weighted by Gasteiger charge is 2.21. The van der Waals surface area contributed by atoms with Crippen LogP contribution in [0.4, 0.5) is 0 Å². The Morgan fingerprint density at radius 1 is 0.857 bits per heavy atom. The zero-order valence-corrected chi connectivity index (χ0v) is 16.7.